The van der Waals surface area contributed by atoms with Crippen LogP contribution in [-0.2, 0) is 19.5 Å². The maximum absolute atomic E-state index is 13.1. The van der Waals surface area contributed by atoms with Crippen LogP contribution in [0.2, 0.25) is 0 Å². The van der Waals surface area contributed by atoms with Crippen LogP contribution in [-0.4, -0.2) is 34.7 Å². The molecular formula is C23H24FN3O. The molecule has 0 amide bonds. The molecule has 0 aliphatic carbocycles. The van der Waals surface area contributed by atoms with Crippen molar-refractivity contribution < 1.29 is 9.13 Å². The Morgan fingerprint density at radius 2 is 1.75 bits per heavy atom. The first-order valence-electron chi connectivity index (χ1n) is 9.85. The number of benzene rings is 2. The summed E-state index contributed by atoms with van der Waals surface area (Å²) in [6.07, 6.45) is 3.04. The van der Waals surface area contributed by atoms with E-state index in [4.69, 9.17) is 9.72 Å². The average Bonchev–Trinajstić information content (AvgIpc) is 3.30. The number of likely N-dealkylation sites (tertiary alicyclic amines) is 1. The first-order valence-corrected chi connectivity index (χ1v) is 9.85. The second-order valence-corrected chi connectivity index (χ2v) is 7.94. The quantitative estimate of drug-likeness (QED) is 0.688. The molecule has 28 heavy (non-hydrogen) atoms. The third-order valence-corrected chi connectivity index (χ3v) is 6.16. The predicted octanol–water partition coefficient (Wildman–Crippen LogP) is 4.00. The van der Waals surface area contributed by atoms with Gasteiger partial charge in [0.2, 0.25) is 0 Å². The lowest BCUT2D eigenvalue weighted by Gasteiger charge is -2.27. The van der Waals surface area contributed by atoms with Crippen LogP contribution in [0.3, 0.4) is 0 Å². The molecule has 3 aromatic rings. The van der Waals surface area contributed by atoms with E-state index < -0.39 is 0 Å². The number of nitrogens with zero attached hydrogens (tertiary/aromatic N) is 3. The molecule has 5 rings (SSSR count). The molecule has 2 aliphatic heterocycles. The van der Waals surface area contributed by atoms with Gasteiger partial charge in [0.1, 0.15) is 17.4 Å². The molecule has 5 heteroatoms. The number of halogens is 1. The Kier molecular flexibility index (Phi) is 4.40. The molecule has 4 nitrogen and oxygen atoms in total. The first-order chi connectivity index (χ1) is 13.7. The molecule has 0 N–H and O–H groups in total. The summed E-state index contributed by atoms with van der Waals surface area (Å²) in [4.78, 5) is 7.23. The Balaban J connectivity index is 1.32. The van der Waals surface area contributed by atoms with Crippen LogP contribution in [0.1, 0.15) is 11.4 Å². The minimum atomic E-state index is -0.171. The highest BCUT2D eigenvalue weighted by molar-refractivity contribution is 5.60. The zero-order valence-corrected chi connectivity index (χ0v) is 16.0. The molecule has 0 bridgehead atoms. The number of aromatic nitrogens is 2. The van der Waals surface area contributed by atoms with E-state index in [1.807, 2.05) is 30.5 Å². The van der Waals surface area contributed by atoms with E-state index in [-0.39, 0.29) is 5.82 Å². The lowest BCUT2D eigenvalue weighted by Crippen LogP contribution is -2.28. The largest absolute Gasteiger partial charge is 0.497 e. The maximum Gasteiger partial charge on any atom is 0.123 e. The summed E-state index contributed by atoms with van der Waals surface area (Å²) in [5.74, 6) is 3.18. The van der Waals surface area contributed by atoms with Crippen molar-refractivity contribution in [2.75, 3.05) is 20.2 Å². The smallest absolute Gasteiger partial charge is 0.123 e. The molecule has 2 aromatic carbocycles. The number of imidazole rings is 1. The normalized spacial score (nSPS) is 21.4. The molecule has 1 fully saturated rings. The molecule has 0 spiro atoms. The van der Waals surface area contributed by atoms with Gasteiger partial charge in [0.05, 0.1) is 19.0 Å². The van der Waals surface area contributed by atoms with Gasteiger partial charge in [-0.15, -0.1) is 0 Å². The summed E-state index contributed by atoms with van der Waals surface area (Å²) in [5.41, 5.74) is 3.55. The lowest BCUT2D eigenvalue weighted by atomic mass is 9.89. The van der Waals surface area contributed by atoms with Crippen LogP contribution in [0.4, 0.5) is 4.39 Å². The van der Waals surface area contributed by atoms with E-state index in [9.17, 15) is 4.39 Å². The van der Waals surface area contributed by atoms with Gasteiger partial charge in [-0.3, -0.25) is 4.90 Å². The number of ether oxygens (including phenoxy) is 1. The summed E-state index contributed by atoms with van der Waals surface area (Å²) < 4.78 is 20.8. The molecule has 1 saturated heterocycles. The topological polar surface area (TPSA) is 30.3 Å². The van der Waals surface area contributed by atoms with Crippen LogP contribution >= 0.6 is 0 Å². The van der Waals surface area contributed by atoms with Crippen molar-refractivity contribution in [3.05, 3.63) is 71.9 Å². The van der Waals surface area contributed by atoms with Gasteiger partial charge in [0.15, 0.2) is 0 Å². The fourth-order valence-corrected chi connectivity index (χ4v) is 4.69. The second kappa shape index (κ2) is 7.06. The van der Waals surface area contributed by atoms with Gasteiger partial charge in [-0.25, -0.2) is 9.37 Å². The highest BCUT2D eigenvalue weighted by atomic mass is 19.1. The zero-order valence-electron chi connectivity index (χ0n) is 16.0. The Bertz CT molecular complexity index is 965. The minimum absolute atomic E-state index is 0.171. The molecule has 2 atom stereocenters. The average molecular weight is 377 g/mol. The summed E-state index contributed by atoms with van der Waals surface area (Å²) in [7, 11) is 1.69. The number of rotatable bonds is 4. The van der Waals surface area contributed by atoms with Crippen LogP contribution in [0.5, 0.6) is 5.75 Å². The number of hydrogen-bond acceptors (Lipinski definition) is 3. The molecule has 144 valence electrons. The highest BCUT2D eigenvalue weighted by Gasteiger charge is 2.37. The van der Waals surface area contributed by atoms with E-state index in [1.165, 1.54) is 22.6 Å². The van der Waals surface area contributed by atoms with Gasteiger partial charge in [0, 0.05) is 38.2 Å². The molecule has 0 unspecified atom stereocenters. The fourth-order valence-electron chi connectivity index (χ4n) is 4.69. The Labute approximate surface area is 164 Å². The van der Waals surface area contributed by atoms with Crippen LogP contribution in [0.25, 0.3) is 11.3 Å². The number of hydrogen-bond donors (Lipinski definition) is 0. The van der Waals surface area contributed by atoms with Gasteiger partial charge < -0.3 is 9.30 Å². The van der Waals surface area contributed by atoms with E-state index >= 15 is 0 Å². The van der Waals surface area contributed by atoms with Gasteiger partial charge in [-0.1, -0.05) is 12.1 Å². The maximum atomic E-state index is 13.1. The fraction of sp³-hybridized carbons (Fsp3) is 0.348. The molecule has 0 radical (unpaired) electrons. The zero-order chi connectivity index (χ0) is 19.1. The lowest BCUT2D eigenvalue weighted by molar-refractivity contribution is 0.307. The van der Waals surface area contributed by atoms with Gasteiger partial charge in [-0.2, -0.15) is 0 Å². The summed E-state index contributed by atoms with van der Waals surface area (Å²) in [6.45, 7) is 4.08. The van der Waals surface area contributed by atoms with E-state index in [0.29, 0.717) is 11.8 Å². The summed E-state index contributed by atoms with van der Waals surface area (Å²) in [6, 6.07) is 15.1. The Morgan fingerprint density at radius 3 is 2.50 bits per heavy atom. The van der Waals surface area contributed by atoms with Gasteiger partial charge in [-0.05, 0) is 53.8 Å². The SMILES string of the molecule is COc1ccc(-c2cnc3n2C[C@@H]2CN(Cc4ccc(F)cc4)C[C@H]2C3)cc1. The Morgan fingerprint density at radius 1 is 1.00 bits per heavy atom. The predicted molar refractivity (Wildman–Crippen MR) is 107 cm³/mol. The minimum Gasteiger partial charge on any atom is -0.497 e. The van der Waals surface area contributed by atoms with E-state index in [1.54, 1.807) is 19.2 Å². The van der Waals surface area contributed by atoms with Crippen LogP contribution < -0.4 is 4.74 Å². The highest BCUT2D eigenvalue weighted by Crippen LogP contribution is 2.36. The van der Waals surface area contributed by atoms with Crippen molar-refractivity contribution in [1.82, 2.24) is 14.5 Å². The van der Waals surface area contributed by atoms with Gasteiger partial charge >= 0.3 is 0 Å². The summed E-state index contributed by atoms with van der Waals surface area (Å²) >= 11 is 0. The third-order valence-electron chi connectivity index (χ3n) is 6.16. The van der Waals surface area contributed by atoms with Gasteiger partial charge in [0.25, 0.3) is 0 Å². The molecule has 2 aliphatic rings. The third kappa shape index (κ3) is 3.20. The number of fused-ring (bicyclic) bond motifs is 2. The van der Waals surface area contributed by atoms with Crippen molar-refractivity contribution in [2.24, 2.45) is 11.8 Å². The molecule has 3 heterocycles. The van der Waals surface area contributed by atoms with Crippen LogP contribution in [0, 0.1) is 17.7 Å². The van der Waals surface area contributed by atoms with Crippen molar-refractivity contribution in [3.63, 3.8) is 0 Å². The van der Waals surface area contributed by atoms with Crippen molar-refractivity contribution in [3.8, 4) is 17.0 Å². The Hall–Kier alpha value is -2.66. The first kappa shape index (κ1) is 17.4. The summed E-state index contributed by atoms with van der Waals surface area (Å²) in [5, 5.41) is 0. The molecular weight excluding hydrogens is 353 g/mol. The molecule has 0 saturated carbocycles. The van der Waals surface area contributed by atoms with E-state index in [0.717, 1.165) is 38.3 Å². The monoisotopic (exact) mass is 377 g/mol. The van der Waals surface area contributed by atoms with Crippen molar-refractivity contribution in [2.45, 2.75) is 19.5 Å². The van der Waals surface area contributed by atoms with Crippen molar-refractivity contribution >= 4 is 0 Å². The molecule has 1 aromatic heterocycles. The van der Waals surface area contributed by atoms with E-state index in [2.05, 4.69) is 21.6 Å². The van der Waals surface area contributed by atoms with Crippen molar-refractivity contribution in [1.29, 1.82) is 0 Å². The van der Waals surface area contributed by atoms with Crippen LogP contribution in [0.15, 0.2) is 54.7 Å². The second-order valence-electron chi connectivity index (χ2n) is 7.94. The standard InChI is InChI=1S/C23H24FN3O/c1-28-21-8-4-17(5-9-21)22-11-25-23-10-18-13-26(14-19(18)15-27(22)23)12-16-2-6-20(24)7-3-16/h2-9,11,18-19H,10,12-15H2,1H3/t18-,19+/m1/s1. The number of methoxy groups -OCH3 is 1.